The van der Waals surface area contributed by atoms with Crippen molar-refractivity contribution in [1.29, 1.82) is 0 Å². The Kier molecular flexibility index (Phi) is 55.3. The van der Waals surface area contributed by atoms with Gasteiger partial charge in [0.2, 0.25) is 0 Å². The van der Waals surface area contributed by atoms with E-state index in [-0.39, 0.29) is 37.5 Å². The number of unbranched alkanes of at least 4 members (excludes halogenated alkanes) is 33. The van der Waals surface area contributed by atoms with E-state index in [9.17, 15) is 14.4 Å². The van der Waals surface area contributed by atoms with Crippen molar-refractivity contribution in [2.24, 2.45) is 0 Å². The number of carbonyl (C=O) groups is 3. The van der Waals surface area contributed by atoms with Gasteiger partial charge in [0.05, 0.1) is 0 Å². The topological polar surface area (TPSA) is 78.9 Å². The van der Waals surface area contributed by atoms with Gasteiger partial charge in [0.1, 0.15) is 13.2 Å². The Morgan fingerprint density at radius 2 is 0.565 bits per heavy atom. The van der Waals surface area contributed by atoms with E-state index in [1.54, 1.807) is 0 Å². The molecule has 0 aromatic heterocycles. The highest BCUT2D eigenvalue weighted by Gasteiger charge is 2.19. The first-order chi connectivity index (χ1) is 34.0. The van der Waals surface area contributed by atoms with Gasteiger partial charge in [0.25, 0.3) is 0 Å². The molecule has 0 spiro atoms. The Morgan fingerprint density at radius 1 is 0.304 bits per heavy atom. The molecule has 1 atom stereocenters. The van der Waals surface area contributed by atoms with Crippen LogP contribution in [0.5, 0.6) is 0 Å². The summed E-state index contributed by atoms with van der Waals surface area (Å²) in [6.45, 7) is 6.52. The molecule has 0 rings (SSSR count). The number of hydrogen-bond acceptors (Lipinski definition) is 6. The van der Waals surface area contributed by atoms with E-state index in [4.69, 9.17) is 14.2 Å². The van der Waals surface area contributed by atoms with Gasteiger partial charge in [-0.3, -0.25) is 14.4 Å². The van der Waals surface area contributed by atoms with Gasteiger partial charge in [-0.15, -0.1) is 0 Å². The lowest BCUT2D eigenvalue weighted by Crippen LogP contribution is -2.30. The van der Waals surface area contributed by atoms with Crippen LogP contribution in [-0.4, -0.2) is 37.2 Å². The van der Waals surface area contributed by atoms with E-state index in [2.05, 4.69) is 81.5 Å². The lowest BCUT2D eigenvalue weighted by atomic mass is 10.0. The van der Waals surface area contributed by atoms with Crippen molar-refractivity contribution >= 4 is 17.9 Å². The molecule has 400 valence electrons. The quantitative estimate of drug-likeness (QED) is 0.0262. The number of allylic oxidation sites excluding steroid dienone is 10. The van der Waals surface area contributed by atoms with Crippen LogP contribution < -0.4 is 0 Å². The van der Waals surface area contributed by atoms with E-state index >= 15 is 0 Å². The van der Waals surface area contributed by atoms with Crippen LogP contribution in [0.25, 0.3) is 0 Å². The van der Waals surface area contributed by atoms with E-state index in [1.807, 2.05) is 0 Å². The molecule has 0 aliphatic rings. The van der Waals surface area contributed by atoms with Crippen molar-refractivity contribution in [1.82, 2.24) is 0 Å². The monoisotopic (exact) mass is 965 g/mol. The summed E-state index contributed by atoms with van der Waals surface area (Å²) in [6.07, 6.45) is 72.2. The van der Waals surface area contributed by atoms with Crippen LogP contribution in [0.3, 0.4) is 0 Å². The maximum atomic E-state index is 12.9. The number of hydrogen-bond donors (Lipinski definition) is 0. The van der Waals surface area contributed by atoms with Crippen molar-refractivity contribution in [2.45, 2.75) is 309 Å². The summed E-state index contributed by atoms with van der Waals surface area (Å²) in [5.74, 6) is -0.931. The Hall–Kier alpha value is -2.89. The van der Waals surface area contributed by atoms with Crippen molar-refractivity contribution in [3.8, 4) is 0 Å². The van der Waals surface area contributed by atoms with Crippen LogP contribution in [0.15, 0.2) is 60.8 Å². The molecule has 0 amide bonds. The molecule has 6 nitrogen and oxygen atoms in total. The molecule has 0 aliphatic heterocycles. The number of ether oxygens (including phenoxy) is 3. The summed E-state index contributed by atoms with van der Waals surface area (Å²) in [7, 11) is 0. The minimum Gasteiger partial charge on any atom is -0.462 e. The first-order valence-electron chi connectivity index (χ1n) is 29.8. The number of rotatable bonds is 54. The van der Waals surface area contributed by atoms with Crippen LogP contribution in [0.1, 0.15) is 303 Å². The molecule has 0 heterocycles. The first-order valence-corrected chi connectivity index (χ1v) is 29.8. The van der Waals surface area contributed by atoms with Crippen LogP contribution in [0, 0.1) is 0 Å². The molecular weight excluding hydrogens is 853 g/mol. The predicted molar refractivity (Wildman–Crippen MR) is 298 cm³/mol. The van der Waals surface area contributed by atoms with Crippen LogP contribution in [0.4, 0.5) is 0 Å². The Bertz CT molecular complexity index is 1250. The van der Waals surface area contributed by atoms with Crippen molar-refractivity contribution in [3.05, 3.63) is 60.8 Å². The normalized spacial score (nSPS) is 12.4. The Labute approximate surface area is 428 Å². The highest BCUT2D eigenvalue weighted by molar-refractivity contribution is 5.71. The Morgan fingerprint density at radius 3 is 0.884 bits per heavy atom. The molecule has 0 fully saturated rings. The molecule has 0 unspecified atom stereocenters. The molecule has 0 saturated carbocycles. The molecule has 0 aliphatic carbocycles. The fraction of sp³-hybridized carbons (Fsp3) is 0.794. The van der Waals surface area contributed by atoms with E-state index in [0.717, 1.165) is 77.0 Å². The van der Waals surface area contributed by atoms with Crippen LogP contribution in [0.2, 0.25) is 0 Å². The lowest BCUT2D eigenvalue weighted by molar-refractivity contribution is -0.167. The van der Waals surface area contributed by atoms with Crippen LogP contribution >= 0.6 is 0 Å². The van der Waals surface area contributed by atoms with Gasteiger partial charge < -0.3 is 14.2 Å². The molecule has 0 N–H and O–H groups in total. The van der Waals surface area contributed by atoms with Gasteiger partial charge in [-0.2, -0.15) is 0 Å². The van der Waals surface area contributed by atoms with Crippen molar-refractivity contribution in [2.75, 3.05) is 13.2 Å². The minimum atomic E-state index is -0.794. The summed E-state index contributed by atoms with van der Waals surface area (Å²) < 4.78 is 16.9. The average Bonchev–Trinajstić information content (AvgIpc) is 3.35. The Balaban J connectivity index is 4.41. The van der Waals surface area contributed by atoms with Gasteiger partial charge in [0, 0.05) is 19.3 Å². The standard InChI is InChI=1S/C63H112O6/c1-4-7-10-13-16-19-22-25-28-30-31-33-36-39-42-45-48-51-54-57-63(66)69-60(58-67-61(64)55-52-49-46-43-40-37-34-27-24-21-18-15-12-9-6-3)59-68-62(65)56-53-50-47-44-41-38-35-32-29-26-23-20-17-14-11-8-5-2/h8,11,17,20,26,29,35,38,44,47,60H,4-7,9-10,12-16,18-19,21-25,27-28,30-34,36-37,39-43,45-46,48-59H2,1-3H3/b11-8-,20-17-,29-26-,38-35-,47-44-/t60-/m0/s1. The SMILES string of the molecule is CC/C=C\C/C=C\C/C=C\C/C=C\C/C=C\CCCC(=O)OC[C@H](COC(=O)CCCCCCCCCCCCCCCCC)OC(=O)CCCCCCCCCCCCCCCCCCCCC. The summed E-state index contributed by atoms with van der Waals surface area (Å²) in [4.78, 5) is 38.2. The van der Waals surface area contributed by atoms with Gasteiger partial charge in [-0.25, -0.2) is 0 Å². The van der Waals surface area contributed by atoms with Gasteiger partial charge in [-0.05, 0) is 57.8 Å². The third-order valence-corrected chi connectivity index (χ3v) is 13.0. The molecule has 69 heavy (non-hydrogen) atoms. The zero-order chi connectivity index (χ0) is 50.0. The molecule has 0 saturated heterocycles. The third-order valence-electron chi connectivity index (χ3n) is 13.0. The second-order valence-corrected chi connectivity index (χ2v) is 19.9. The van der Waals surface area contributed by atoms with Crippen molar-refractivity contribution < 1.29 is 28.6 Å². The fourth-order valence-corrected chi connectivity index (χ4v) is 8.60. The lowest BCUT2D eigenvalue weighted by Gasteiger charge is -2.18. The maximum absolute atomic E-state index is 12.9. The van der Waals surface area contributed by atoms with E-state index in [1.165, 1.54) is 180 Å². The largest absolute Gasteiger partial charge is 0.462 e. The molecule has 6 heteroatoms. The molecule has 0 aromatic carbocycles. The highest BCUT2D eigenvalue weighted by Crippen LogP contribution is 2.17. The van der Waals surface area contributed by atoms with Gasteiger partial charge in [-0.1, -0.05) is 287 Å². The van der Waals surface area contributed by atoms with E-state index < -0.39 is 6.10 Å². The summed E-state index contributed by atoms with van der Waals surface area (Å²) in [5, 5.41) is 0. The molecule has 0 aromatic rings. The summed E-state index contributed by atoms with van der Waals surface area (Å²) in [6, 6.07) is 0. The van der Waals surface area contributed by atoms with Crippen molar-refractivity contribution in [3.63, 3.8) is 0 Å². The zero-order valence-electron chi connectivity index (χ0n) is 45.8. The average molecular weight is 966 g/mol. The fourth-order valence-electron chi connectivity index (χ4n) is 8.60. The molecular formula is C63H112O6. The molecule has 0 bridgehead atoms. The maximum Gasteiger partial charge on any atom is 0.306 e. The number of esters is 3. The predicted octanol–water partition coefficient (Wildman–Crippen LogP) is 20.0. The summed E-state index contributed by atoms with van der Waals surface area (Å²) in [5.41, 5.74) is 0. The van der Waals surface area contributed by atoms with Crippen LogP contribution in [-0.2, 0) is 28.6 Å². The number of carbonyl (C=O) groups excluding carboxylic acids is 3. The van der Waals surface area contributed by atoms with Gasteiger partial charge in [0.15, 0.2) is 6.10 Å². The van der Waals surface area contributed by atoms with Gasteiger partial charge >= 0.3 is 17.9 Å². The van der Waals surface area contributed by atoms with E-state index in [0.29, 0.717) is 19.3 Å². The second-order valence-electron chi connectivity index (χ2n) is 19.9. The highest BCUT2D eigenvalue weighted by atomic mass is 16.6. The smallest absolute Gasteiger partial charge is 0.306 e. The zero-order valence-corrected chi connectivity index (χ0v) is 45.8. The summed E-state index contributed by atoms with van der Waals surface area (Å²) >= 11 is 0. The molecule has 0 radical (unpaired) electrons. The first kappa shape index (κ1) is 66.1. The second kappa shape index (κ2) is 57.7. The third kappa shape index (κ3) is 55.9. The minimum absolute atomic E-state index is 0.0875.